The van der Waals surface area contributed by atoms with Crippen molar-refractivity contribution in [1.82, 2.24) is 15.0 Å². The van der Waals surface area contributed by atoms with E-state index in [4.69, 9.17) is 10.1 Å². The Hall–Kier alpha value is -2.09. The summed E-state index contributed by atoms with van der Waals surface area (Å²) < 4.78 is 2.01. The fourth-order valence-corrected chi connectivity index (χ4v) is 4.28. The number of pyridine rings is 1. The highest BCUT2D eigenvalue weighted by molar-refractivity contribution is 9.10. The first-order valence-electron chi connectivity index (χ1n) is 7.83. The SMILES string of the molecule is Cc1cc(-c2ccc(Br)cc2)c2c(n1)sc1c(NCCO)ncnc12. The number of thiophene rings is 1. The Bertz CT molecular complexity index is 1060. The second kappa shape index (κ2) is 6.67. The van der Waals surface area contributed by atoms with Crippen LogP contribution in [0, 0.1) is 6.92 Å². The van der Waals surface area contributed by atoms with Gasteiger partial charge < -0.3 is 10.4 Å². The molecule has 4 aromatic rings. The molecular formula is C18H15BrN4OS. The van der Waals surface area contributed by atoms with E-state index in [-0.39, 0.29) is 6.61 Å². The van der Waals surface area contributed by atoms with Gasteiger partial charge in [0.1, 0.15) is 17.0 Å². The average molecular weight is 415 g/mol. The fraction of sp³-hybridized carbons (Fsp3) is 0.167. The molecule has 4 rings (SSSR count). The Kier molecular flexibility index (Phi) is 4.37. The summed E-state index contributed by atoms with van der Waals surface area (Å²) in [4.78, 5) is 14.5. The third kappa shape index (κ3) is 2.99. The first-order valence-corrected chi connectivity index (χ1v) is 9.44. The predicted molar refractivity (Wildman–Crippen MR) is 106 cm³/mol. The maximum absolute atomic E-state index is 9.07. The number of hydrogen-bond donors (Lipinski definition) is 2. The lowest BCUT2D eigenvalue weighted by Gasteiger charge is -2.06. The zero-order valence-electron chi connectivity index (χ0n) is 13.5. The van der Waals surface area contributed by atoms with Gasteiger partial charge in [-0.2, -0.15) is 0 Å². The number of fused-ring (bicyclic) bond motifs is 3. The zero-order valence-corrected chi connectivity index (χ0v) is 15.9. The lowest BCUT2D eigenvalue weighted by atomic mass is 10.0. The molecule has 0 saturated heterocycles. The van der Waals surface area contributed by atoms with Crippen molar-refractivity contribution in [3.8, 4) is 11.1 Å². The Morgan fingerprint density at radius 3 is 2.76 bits per heavy atom. The van der Waals surface area contributed by atoms with Crippen LogP contribution < -0.4 is 5.32 Å². The normalized spacial score (nSPS) is 11.3. The minimum atomic E-state index is 0.0535. The molecule has 1 aromatic carbocycles. The van der Waals surface area contributed by atoms with Crippen LogP contribution in [0.3, 0.4) is 0 Å². The molecule has 0 aliphatic carbocycles. The number of halogens is 1. The van der Waals surface area contributed by atoms with E-state index < -0.39 is 0 Å². The summed E-state index contributed by atoms with van der Waals surface area (Å²) in [6.45, 7) is 2.51. The topological polar surface area (TPSA) is 70.9 Å². The van der Waals surface area contributed by atoms with Crippen molar-refractivity contribution >= 4 is 53.5 Å². The molecule has 0 unspecified atom stereocenters. The van der Waals surface area contributed by atoms with E-state index in [1.165, 1.54) is 0 Å². The third-order valence-electron chi connectivity index (χ3n) is 3.91. The summed E-state index contributed by atoms with van der Waals surface area (Å²) in [5.74, 6) is 0.737. The van der Waals surface area contributed by atoms with Crippen LogP contribution in [0.2, 0.25) is 0 Å². The smallest absolute Gasteiger partial charge is 0.147 e. The van der Waals surface area contributed by atoms with Crippen LogP contribution in [0.4, 0.5) is 5.82 Å². The summed E-state index contributed by atoms with van der Waals surface area (Å²) in [6, 6.07) is 10.4. The molecule has 3 aromatic heterocycles. The van der Waals surface area contributed by atoms with Gasteiger partial charge in [0.25, 0.3) is 0 Å². The number of nitrogens with one attached hydrogen (secondary N) is 1. The molecule has 5 nitrogen and oxygen atoms in total. The molecular weight excluding hydrogens is 400 g/mol. The van der Waals surface area contributed by atoms with Crippen molar-refractivity contribution in [2.45, 2.75) is 6.92 Å². The van der Waals surface area contributed by atoms with E-state index in [1.807, 2.05) is 19.1 Å². The quantitative estimate of drug-likeness (QED) is 0.518. The lowest BCUT2D eigenvalue weighted by Crippen LogP contribution is -2.06. The Morgan fingerprint density at radius 2 is 2.00 bits per heavy atom. The minimum Gasteiger partial charge on any atom is -0.395 e. The first kappa shape index (κ1) is 16.4. The van der Waals surface area contributed by atoms with Crippen LogP contribution in [-0.4, -0.2) is 33.2 Å². The van der Waals surface area contributed by atoms with Gasteiger partial charge in [0.2, 0.25) is 0 Å². The highest BCUT2D eigenvalue weighted by Gasteiger charge is 2.17. The third-order valence-corrected chi connectivity index (χ3v) is 5.52. The van der Waals surface area contributed by atoms with Gasteiger partial charge in [0, 0.05) is 22.1 Å². The summed E-state index contributed by atoms with van der Waals surface area (Å²) >= 11 is 5.06. The summed E-state index contributed by atoms with van der Waals surface area (Å²) in [5.41, 5.74) is 4.10. The molecule has 0 aliphatic rings. The van der Waals surface area contributed by atoms with Crippen LogP contribution in [0.5, 0.6) is 0 Å². The molecule has 126 valence electrons. The molecule has 0 saturated carbocycles. The summed E-state index contributed by atoms with van der Waals surface area (Å²) in [5, 5.41) is 13.3. The number of aliphatic hydroxyl groups excluding tert-OH is 1. The van der Waals surface area contributed by atoms with E-state index in [2.05, 4.69) is 49.4 Å². The molecule has 0 radical (unpaired) electrons. The number of anilines is 1. The van der Waals surface area contributed by atoms with Gasteiger partial charge in [0.05, 0.1) is 16.8 Å². The Balaban J connectivity index is 2.01. The van der Waals surface area contributed by atoms with Crippen molar-refractivity contribution in [2.75, 3.05) is 18.5 Å². The highest BCUT2D eigenvalue weighted by Crippen LogP contribution is 2.40. The van der Waals surface area contributed by atoms with Gasteiger partial charge in [-0.05, 0) is 36.2 Å². The molecule has 0 atom stereocenters. The largest absolute Gasteiger partial charge is 0.395 e. The average Bonchev–Trinajstić information content (AvgIpc) is 2.98. The summed E-state index contributed by atoms with van der Waals surface area (Å²) in [6.07, 6.45) is 1.55. The molecule has 3 heterocycles. The van der Waals surface area contributed by atoms with Crippen LogP contribution >= 0.6 is 27.3 Å². The number of aromatic nitrogens is 3. The number of hydrogen-bond acceptors (Lipinski definition) is 6. The van der Waals surface area contributed by atoms with E-state index >= 15 is 0 Å². The lowest BCUT2D eigenvalue weighted by molar-refractivity contribution is 0.311. The number of aliphatic hydroxyl groups is 1. The van der Waals surface area contributed by atoms with Crippen LogP contribution in [0.25, 0.3) is 31.6 Å². The van der Waals surface area contributed by atoms with Crippen LogP contribution in [0.15, 0.2) is 41.1 Å². The maximum Gasteiger partial charge on any atom is 0.147 e. The molecule has 0 aliphatic heterocycles. The molecule has 7 heteroatoms. The second-order valence-electron chi connectivity index (χ2n) is 5.65. The van der Waals surface area contributed by atoms with Gasteiger partial charge in [0.15, 0.2) is 0 Å². The molecule has 25 heavy (non-hydrogen) atoms. The molecule has 0 spiro atoms. The Morgan fingerprint density at radius 1 is 1.20 bits per heavy atom. The van der Waals surface area contributed by atoms with Crippen molar-refractivity contribution in [3.05, 3.63) is 46.8 Å². The van der Waals surface area contributed by atoms with Crippen molar-refractivity contribution in [3.63, 3.8) is 0 Å². The van der Waals surface area contributed by atoms with Gasteiger partial charge in [-0.25, -0.2) is 15.0 Å². The monoisotopic (exact) mass is 414 g/mol. The van der Waals surface area contributed by atoms with Crippen molar-refractivity contribution in [1.29, 1.82) is 0 Å². The number of rotatable bonds is 4. The molecule has 0 amide bonds. The standard InChI is InChI=1S/C18H15BrN4OS/c1-10-8-13(11-2-4-12(19)5-3-11)14-15-16(25-18(14)23-10)17(20-6-7-24)22-9-21-15/h2-5,8-9,24H,6-7H2,1H3,(H,20,21,22). The zero-order chi connectivity index (χ0) is 17.4. The van der Waals surface area contributed by atoms with E-state index in [1.54, 1.807) is 17.7 Å². The highest BCUT2D eigenvalue weighted by atomic mass is 79.9. The number of nitrogens with zero attached hydrogens (tertiary/aromatic N) is 3. The van der Waals surface area contributed by atoms with E-state index in [9.17, 15) is 0 Å². The van der Waals surface area contributed by atoms with Crippen molar-refractivity contribution < 1.29 is 5.11 Å². The van der Waals surface area contributed by atoms with Gasteiger partial charge >= 0.3 is 0 Å². The van der Waals surface area contributed by atoms with E-state index in [0.29, 0.717) is 6.54 Å². The predicted octanol–water partition coefficient (Wildman–Crippen LogP) is 4.38. The summed E-state index contributed by atoms with van der Waals surface area (Å²) in [7, 11) is 0. The van der Waals surface area contributed by atoms with E-state index in [0.717, 1.165) is 47.5 Å². The van der Waals surface area contributed by atoms with Gasteiger partial charge in [-0.3, -0.25) is 0 Å². The van der Waals surface area contributed by atoms with Crippen LogP contribution in [0.1, 0.15) is 5.69 Å². The second-order valence-corrected chi connectivity index (χ2v) is 7.57. The first-order chi connectivity index (χ1) is 12.2. The van der Waals surface area contributed by atoms with Crippen molar-refractivity contribution in [2.24, 2.45) is 0 Å². The van der Waals surface area contributed by atoms with Gasteiger partial charge in [-0.1, -0.05) is 28.1 Å². The molecule has 0 bridgehead atoms. The minimum absolute atomic E-state index is 0.0535. The Labute approximate surface area is 156 Å². The van der Waals surface area contributed by atoms with Crippen LogP contribution in [-0.2, 0) is 0 Å². The molecule has 0 fully saturated rings. The maximum atomic E-state index is 9.07. The van der Waals surface area contributed by atoms with Gasteiger partial charge in [-0.15, -0.1) is 11.3 Å². The fourth-order valence-electron chi connectivity index (χ4n) is 2.85. The number of benzene rings is 1. The molecule has 2 N–H and O–H groups in total. The number of aryl methyl sites for hydroxylation is 1.